The van der Waals surface area contributed by atoms with Crippen LogP contribution in [-0.4, -0.2) is 11.2 Å². The number of aliphatic hydroxyl groups excluding tert-OH is 1. The largest absolute Gasteiger partial charge is 0.393 e. The Morgan fingerprint density at radius 1 is 0.929 bits per heavy atom. The van der Waals surface area contributed by atoms with Crippen molar-refractivity contribution in [1.29, 1.82) is 0 Å². The number of fused-ring (bicyclic) bond motifs is 5. The van der Waals surface area contributed by atoms with Crippen LogP contribution in [0.1, 0.15) is 110 Å². The highest BCUT2D eigenvalue weighted by Gasteiger charge is 2.58. The number of rotatable bonds is 4. The van der Waals surface area contributed by atoms with E-state index in [-0.39, 0.29) is 6.10 Å². The maximum Gasteiger partial charge on any atom is 0.0577 e. The van der Waals surface area contributed by atoms with Gasteiger partial charge in [0.15, 0.2) is 0 Å². The van der Waals surface area contributed by atoms with E-state index in [1.54, 1.807) is 5.57 Å². The van der Waals surface area contributed by atoms with Gasteiger partial charge in [-0.15, -0.1) is 0 Å². The molecule has 7 atom stereocenters. The standard InChI is InChI=1S/C27H44O/c1-26-17-15-25-23(12-10-21-18-22(28)14-16-27(21,25)2)24(26)13-11-20(26)9-5-8-19-6-3-4-7-19/h10,19-20,22-25,28H,3-9,11-18H2,1-2H3/t20-,22?,23?,24?,25?,26?,27?/m0/s1. The second kappa shape index (κ2) is 7.44. The summed E-state index contributed by atoms with van der Waals surface area (Å²) in [5.74, 6) is 4.89. The summed E-state index contributed by atoms with van der Waals surface area (Å²) in [6, 6.07) is 0. The third kappa shape index (κ3) is 3.14. The quantitative estimate of drug-likeness (QED) is 0.505. The molecule has 158 valence electrons. The van der Waals surface area contributed by atoms with Crippen molar-refractivity contribution in [3.8, 4) is 0 Å². The SMILES string of the molecule is CC12CCC(O)CC1=CCC1C2CCC2(C)C1CC[C@@H]2CCCC1CCCC1. The zero-order chi connectivity index (χ0) is 19.4. The van der Waals surface area contributed by atoms with Crippen molar-refractivity contribution in [2.24, 2.45) is 40.4 Å². The fourth-order valence-corrected chi connectivity index (χ4v) is 9.18. The molecular formula is C27H44O. The Morgan fingerprint density at radius 2 is 1.75 bits per heavy atom. The van der Waals surface area contributed by atoms with Gasteiger partial charge in [-0.2, -0.15) is 0 Å². The zero-order valence-electron chi connectivity index (χ0n) is 18.6. The van der Waals surface area contributed by atoms with Gasteiger partial charge in [-0.3, -0.25) is 0 Å². The molecule has 1 nitrogen and oxygen atoms in total. The van der Waals surface area contributed by atoms with Crippen LogP contribution in [0.25, 0.3) is 0 Å². The summed E-state index contributed by atoms with van der Waals surface area (Å²) < 4.78 is 0. The molecule has 0 heterocycles. The number of aliphatic hydroxyl groups is 1. The first-order chi connectivity index (χ1) is 13.5. The molecule has 6 unspecified atom stereocenters. The van der Waals surface area contributed by atoms with Gasteiger partial charge in [-0.1, -0.05) is 64.0 Å². The molecule has 0 saturated heterocycles. The minimum atomic E-state index is -0.0690. The average molecular weight is 385 g/mol. The smallest absolute Gasteiger partial charge is 0.0577 e. The molecule has 5 aliphatic carbocycles. The third-order valence-corrected chi connectivity index (χ3v) is 10.9. The minimum Gasteiger partial charge on any atom is -0.393 e. The molecule has 28 heavy (non-hydrogen) atoms. The van der Waals surface area contributed by atoms with E-state index < -0.39 is 0 Å². The fraction of sp³-hybridized carbons (Fsp3) is 0.926. The first kappa shape index (κ1) is 19.7. The molecule has 0 aromatic rings. The van der Waals surface area contributed by atoms with Gasteiger partial charge >= 0.3 is 0 Å². The van der Waals surface area contributed by atoms with Crippen LogP contribution >= 0.6 is 0 Å². The van der Waals surface area contributed by atoms with Gasteiger partial charge < -0.3 is 5.11 Å². The lowest BCUT2D eigenvalue weighted by Gasteiger charge is -2.58. The fourth-order valence-electron chi connectivity index (χ4n) is 9.18. The predicted octanol–water partition coefficient (Wildman–Crippen LogP) is 7.29. The summed E-state index contributed by atoms with van der Waals surface area (Å²) in [4.78, 5) is 0. The minimum absolute atomic E-state index is 0.0690. The Labute approximate surface area is 173 Å². The van der Waals surface area contributed by atoms with Crippen LogP contribution in [-0.2, 0) is 0 Å². The van der Waals surface area contributed by atoms with Crippen molar-refractivity contribution in [2.45, 2.75) is 116 Å². The molecule has 1 heteroatoms. The average Bonchev–Trinajstić information content (AvgIpc) is 3.30. The second-order valence-corrected chi connectivity index (χ2v) is 12.1. The molecule has 4 fully saturated rings. The van der Waals surface area contributed by atoms with E-state index >= 15 is 0 Å². The molecule has 0 spiro atoms. The highest BCUT2D eigenvalue weighted by atomic mass is 16.3. The Hall–Kier alpha value is -0.300. The van der Waals surface area contributed by atoms with Gasteiger partial charge in [-0.25, -0.2) is 0 Å². The van der Waals surface area contributed by atoms with Crippen molar-refractivity contribution < 1.29 is 5.11 Å². The summed E-state index contributed by atoms with van der Waals surface area (Å²) in [5.41, 5.74) is 2.67. The molecule has 0 amide bonds. The summed E-state index contributed by atoms with van der Waals surface area (Å²) in [7, 11) is 0. The van der Waals surface area contributed by atoms with Crippen molar-refractivity contribution in [3.05, 3.63) is 11.6 Å². The predicted molar refractivity (Wildman–Crippen MR) is 117 cm³/mol. The van der Waals surface area contributed by atoms with Crippen LogP contribution in [0.2, 0.25) is 0 Å². The molecule has 0 radical (unpaired) electrons. The van der Waals surface area contributed by atoms with E-state index in [1.807, 2.05) is 0 Å². The molecule has 0 aliphatic heterocycles. The summed E-state index contributed by atoms with van der Waals surface area (Å²) in [6.07, 6.45) is 23.6. The second-order valence-electron chi connectivity index (χ2n) is 12.1. The van der Waals surface area contributed by atoms with Crippen molar-refractivity contribution in [2.75, 3.05) is 0 Å². The van der Waals surface area contributed by atoms with Crippen molar-refractivity contribution in [3.63, 3.8) is 0 Å². The van der Waals surface area contributed by atoms with Crippen molar-refractivity contribution >= 4 is 0 Å². The van der Waals surface area contributed by atoms with Crippen LogP contribution in [0.15, 0.2) is 11.6 Å². The van der Waals surface area contributed by atoms with Crippen molar-refractivity contribution in [1.82, 2.24) is 0 Å². The van der Waals surface area contributed by atoms with Crippen LogP contribution in [0, 0.1) is 40.4 Å². The highest BCUT2D eigenvalue weighted by Crippen LogP contribution is 2.66. The van der Waals surface area contributed by atoms with E-state index in [4.69, 9.17) is 0 Å². The van der Waals surface area contributed by atoms with E-state index in [2.05, 4.69) is 19.9 Å². The van der Waals surface area contributed by atoms with Gasteiger partial charge in [-0.05, 0) is 98.2 Å². The van der Waals surface area contributed by atoms with Gasteiger partial charge in [0.25, 0.3) is 0 Å². The Kier molecular flexibility index (Phi) is 5.22. The Bertz CT molecular complexity index is 601. The summed E-state index contributed by atoms with van der Waals surface area (Å²) in [5, 5.41) is 10.2. The molecule has 0 bridgehead atoms. The number of hydrogen-bond donors (Lipinski definition) is 1. The van der Waals surface area contributed by atoms with Gasteiger partial charge in [0.05, 0.1) is 6.10 Å². The van der Waals surface area contributed by atoms with Crippen LogP contribution in [0.4, 0.5) is 0 Å². The third-order valence-electron chi connectivity index (χ3n) is 10.9. The maximum absolute atomic E-state index is 10.2. The molecule has 4 saturated carbocycles. The van der Waals surface area contributed by atoms with Crippen LogP contribution in [0.3, 0.4) is 0 Å². The summed E-state index contributed by atoms with van der Waals surface area (Å²) >= 11 is 0. The lowest BCUT2D eigenvalue weighted by molar-refractivity contribution is -0.0509. The van der Waals surface area contributed by atoms with Gasteiger partial charge in [0, 0.05) is 0 Å². The molecule has 5 rings (SSSR count). The van der Waals surface area contributed by atoms with E-state index in [0.29, 0.717) is 10.8 Å². The first-order valence-electron chi connectivity index (χ1n) is 12.9. The monoisotopic (exact) mass is 384 g/mol. The van der Waals surface area contributed by atoms with E-state index in [1.165, 1.54) is 83.5 Å². The van der Waals surface area contributed by atoms with Gasteiger partial charge in [0.1, 0.15) is 0 Å². The van der Waals surface area contributed by atoms with Crippen LogP contribution in [0.5, 0.6) is 0 Å². The Balaban J connectivity index is 1.27. The number of allylic oxidation sites excluding steroid dienone is 1. The molecule has 5 aliphatic rings. The molecular weight excluding hydrogens is 340 g/mol. The topological polar surface area (TPSA) is 20.2 Å². The molecule has 0 aromatic heterocycles. The van der Waals surface area contributed by atoms with E-state index in [9.17, 15) is 5.11 Å². The van der Waals surface area contributed by atoms with E-state index in [0.717, 1.165) is 42.4 Å². The Morgan fingerprint density at radius 3 is 2.57 bits per heavy atom. The maximum atomic E-state index is 10.2. The van der Waals surface area contributed by atoms with Crippen LogP contribution < -0.4 is 0 Å². The number of hydrogen-bond acceptors (Lipinski definition) is 1. The molecule has 0 aromatic carbocycles. The normalized spacial score (nSPS) is 48.7. The first-order valence-corrected chi connectivity index (χ1v) is 12.9. The highest BCUT2D eigenvalue weighted by molar-refractivity contribution is 5.25. The zero-order valence-corrected chi connectivity index (χ0v) is 18.6. The lowest BCUT2D eigenvalue weighted by Crippen LogP contribution is -2.50. The summed E-state index contributed by atoms with van der Waals surface area (Å²) in [6.45, 7) is 5.27. The van der Waals surface area contributed by atoms with Gasteiger partial charge in [0.2, 0.25) is 0 Å². The lowest BCUT2D eigenvalue weighted by atomic mass is 9.47. The molecule has 1 N–H and O–H groups in total.